The molecule has 0 aliphatic rings. The molecule has 0 heterocycles. The van der Waals surface area contributed by atoms with E-state index in [9.17, 15) is 12.9 Å². The van der Waals surface area contributed by atoms with Crippen LogP contribution >= 0.6 is 11.6 Å². The van der Waals surface area contributed by atoms with Crippen molar-refractivity contribution in [1.82, 2.24) is 0 Å². The van der Waals surface area contributed by atoms with E-state index in [1.165, 1.54) is 12.1 Å². The van der Waals surface area contributed by atoms with Crippen LogP contribution in [0.15, 0.2) is 18.2 Å². The van der Waals surface area contributed by atoms with Gasteiger partial charge in [-0.15, -0.1) is 0 Å². The first-order valence-corrected chi connectivity index (χ1v) is 4.92. The van der Waals surface area contributed by atoms with Crippen molar-refractivity contribution in [1.29, 1.82) is 0 Å². The SMILES string of the molecule is CCc1cc(OC[B-](F)(F)F)ccc1Cl. The molecule has 0 atom stereocenters. The summed E-state index contributed by atoms with van der Waals surface area (Å²) in [5.74, 6) is 0.204. The third-order valence-corrected chi connectivity index (χ3v) is 2.21. The average Bonchev–Trinajstić information content (AvgIpc) is 2.15. The molecule has 0 aromatic heterocycles. The molecule has 1 aromatic carbocycles. The molecular weight excluding hydrogens is 227 g/mol. The van der Waals surface area contributed by atoms with E-state index in [2.05, 4.69) is 4.74 Å². The highest BCUT2D eigenvalue weighted by molar-refractivity contribution is 6.58. The molecule has 15 heavy (non-hydrogen) atoms. The lowest BCUT2D eigenvalue weighted by Crippen LogP contribution is -2.26. The molecule has 0 aliphatic heterocycles. The molecule has 0 saturated heterocycles. The van der Waals surface area contributed by atoms with Crippen molar-refractivity contribution in [2.24, 2.45) is 0 Å². The fourth-order valence-corrected chi connectivity index (χ4v) is 1.35. The van der Waals surface area contributed by atoms with E-state index in [-0.39, 0.29) is 5.75 Å². The lowest BCUT2D eigenvalue weighted by atomic mass is 9.95. The Morgan fingerprint density at radius 1 is 1.33 bits per heavy atom. The van der Waals surface area contributed by atoms with Gasteiger partial charge in [-0.25, -0.2) is 0 Å². The van der Waals surface area contributed by atoms with E-state index in [1.54, 1.807) is 6.07 Å². The summed E-state index contributed by atoms with van der Waals surface area (Å²) < 4.78 is 40.4. The Bertz CT molecular complexity index is 341. The molecule has 0 saturated carbocycles. The number of hydrogen-bond donors (Lipinski definition) is 0. The molecule has 0 amide bonds. The lowest BCUT2D eigenvalue weighted by Gasteiger charge is -2.15. The summed E-state index contributed by atoms with van der Waals surface area (Å²) in [6.07, 6.45) is 0.660. The van der Waals surface area contributed by atoms with Crippen molar-refractivity contribution in [3.63, 3.8) is 0 Å². The highest BCUT2D eigenvalue weighted by atomic mass is 35.5. The van der Waals surface area contributed by atoms with Gasteiger partial charge < -0.3 is 17.7 Å². The summed E-state index contributed by atoms with van der Waals surface area (Å²) >= 11 is 5.81. The summed E-state index contributed by atoms with van der Waals surface area (Å²) in [6, 6.07) is 4.51. The number of hydrogen-bond acceptors (Lipinski definition) is 1. The highest BCUT2D eigenvalue weighted by Crippen LogP contribution is 2.23. The van der Waals surface area contributed by atoms with Gasteiger partial charge in [0.25, 0.3) is 0 Å². The fraction of sp³-hybridized carbons (Fsp3) is 0.333. The van der Waals surface area contributed by atoms with Crippen molar-refractivity contribution >= 4 is 18.6 Å². The van der Waals surface area contributed by atoms with Gasteiger partial charge in [0, 0.05) is 5.02 Å². The molecule has 1 nitrogen and oxygen atoms in total. The van der Waals surface area contributed by atoms with Gasteiger partial charge in [0.15, 0.2) is 0 Å². The Kier molecular flexibility index (Phi) is 3.91. The van der Waals surface area contributed by atoms with Crippen LogP contribution in [0.2, 0.25) is 5.02 Å². The number of benzene rings is 1. The predicted octanol–water partition coefficient (Wildman–Crippen LogP) is 3.67. The van der Waals surface area contributed by atoms with Gasteiger partial charge in [-0.1, -0.05) is 18.5 Å². The molecule has 0 spiro atoms. The second-order valence-electron chi connectivity index (χ2n) is 3.13. The summed E-state index contributed by atoms with van der Waals surface area (Å²) in [6.45, 7) is -4.25. The first-order chi connectivity index (χ1) is 6.92. The maximum atomic E-state index is 11.9. The fourth-order valence-electron chi connectivity index (χ4n) is 1.10. The quantitative estimate of drug-likeness (QED) is 0.726. The van der Waals surface area contributed by atoms with Gasteiger partial charge in [0.1, 0.15) is 5.75 Å². The smallest absolute Gasteiger partial charge is 0.515 e. The zero-order valence-corrected chi connectivity index (χ0v) is 8.90. The van der Waals surface area contributed by atoms with Crippen molar-refractivity contribution in [2.75, 3.05) is 6.51 Å². The van der Waals surface area contributed by atoms with Crippen LogP contribution in [0, 0.1) is 0 Å². The zero-order chi connectivity index (χ0) is 11.5. The Hall–Kier alpha value is -0.835. The van der Waals surface area contributed by atoms with Crippen LogP contribution in [0.4, 0.5) is 12.9 Å². The van der Waals surface area contributed by atoms with Gasteiger partial charge in [0.05, 0.1) is 6.51 Å². The second-order valence-corrected chi connectivity index (χ2v) is 3.54. The second kappa shape index (κ2) is 4.79. The Balaban J connectivity index is 2.70. The van der Waals surface area contributed by atoms with Crippen LogP contribution in [0.5, 0.6) is 5.75 Å². The minimum absolute atomic E-state index is 0.204. The zero-order valence-electron chi connectivity index (χ0n) is 8.14. The Morgan fingerprint density at radius 3 is 2.53 bits per heavy atom. The molecule has 0 radical (unpaired) electrons. The molecule has 84 valence electrons. The monoisotopic (exact) mass is 237 g/mol. The van der Waals surface area contributed by atoms with E-state index in [0.717, 1.165) is 5.56 Å². The number of ether oxygens (including phenoxy) is 1. The maximum absolute atomic E-state index is 11.9. The Labute approximate surface area is 91.2 Å². The normalized spacial score (nSPS) is 11.5. The molecule has 0 bridgehead atoms. The van der Waals surface area contributed by atoms with Crippen molar-refractivity contribution in [3.8, 4) is 5.75 Å². The van der Waals surface area contributed by atoms with E-state index in [4.69, 9.17) is 11.6 Å². The topological polar surface area (TPSA) is 9.23 Å². The van der Waals surface area contributed by atoms with Crippen molar-refractivity contribution < 1.29 is 17.7 Å². The van der Waals surface area contributed by atoms with Crippen LogP contribution in [0.1, 0.15) is 12.5 Å². The standard InChI is InChI=1S/C9H10BClF3O/c1-2-7-5-8(3-4-9(7)11)15-6-10(12,13)14/h3-5H,2,6H2,1H3/q-1. The minimum Gasteiger partial charge on any atom is -0.522 e. The minimum atomic E-state index is -4.91. The molecular formula is C9H10BClF3O-. The van der Waals surface area contributed by atoms with E-state index in [1.807, 2.05) is 6.92 Å². The van der Waals surface area contributed by atoms with Gasteiger partial charge in [-0.05, 0) is 30.2 Å². The molecule has 1 rings (SSSR count). The maximum Gasteiger partial charge on any atom is 0.515 e. The molecule has 6 heteroatoms. The largest absolute Gasteiger partial charge is 0.522 e. The third kappa shape index (κ3) is 4.04. The first-order valence-electron chi connectivity index (χ1n) is 4.54. The Morgan fingerprint density at radius 2 is 2.00 bits per heavy atom. The van der Waals surface area contributed by atoms with E-state index in [0.29, 0.717) is 11.4 Å². The van der Waals surface area contributed by atoms with Gasteiger partial charge in [-0.2, -0.15) is 0 Å². The van der Waals surface area contributed by atoms with E-state index >= 15 is 0 Å². The van der Waals surface area contributed by atoms with Crippen LogP contribution in [0.3, 0.4) is 0 Å². The number of halogens is 4. The summed E-state index contributed by atoms with van der Waals surface area (Å²) in [5.41, 5.74) is 0.781. The van der Waals surface area contributed by atoms with Crippen LogP contribution in [-0.2, 0) is 6.42 Å². The van der Waals surface area contributed by atoms with Gasteiger partial charge in [-0.3, -0.25) is 0 Å². The van der Waals surface area contributed by atoms with Crippen molar-refractivity contribution in [3.05, 3.63) is 28.8 Å². The lowest BCUT2D eigenvalue weighted by molar-refractivity contribution is 0.313. The molecule has 0 N–H and O–H groups in total. The van der Waals surface area contributed by atoms with Gasteiger partial charge in [0.2, 0.25) is 0 Å². The first kappa shape index (κ1) is 12.2. The summed E-state index contributed by atoms with van der Waals surface area (Å²) in [4.78, 5) is 0. The van der Waals surface area contributed by atoms with Crippen LogP contribution < -0.4 is 4.74 Å². The van der Waals surface area contributed by atoms with E-state index < -0.39 is 13.5 Å². The average molecular weight is 237 g/mol. The van der Waals surface area contributed by atoms with Crippen LogP contribution in [0.25, 0.3) is 0 Å². The summed E-state index contributed by atoms with van der Waals surface area (Å²) in [7, 11) is 0. The third-order valence-electron chi connectivity index (χ3n) is 1.84. The molecule has 1 aromatic rings. The van der Waals surface area contributed by atoms with Gasteiger partial charge >= 0.3 is 6.98 Å². The number of rotatable bonds is 4. The highest BCUT2D eigenvalue weighted by Gasteiger charge is 2.24. The molecule has 0 fully saturated rings. The predicted molar refractivity (Wildman–Crippen MR) is 55.4 cm³/mol. The van der Waals surface area contributed by atoms with Crippen LogP contribution in [-0.4, -0.2) is 13.5 Å². The van der Waals surface area contributed by atoms with Crippen molar-refractivity contribution in [2.45, 2.75) is 13.3 Å². The number of aryl methyl sites for hydroxylation is 1. The molecule has 0 aliphatic carbocycles. The summed E-state index contributed by atoms with van der Waals surface area (Å²) in [5, 5.41) is 0.544. The molecule has 0 unspecified atom stereocenters.